The van der Waals surface area contributed by atoms with E-state index in [0.717, 1.165) is 5.56 Å². The molecule has 2 aromatic rings. The van der Waals surface area contributed by atoms with E-state index in [-0.39, 0.29) is 10.5 Å². The zero-order chi connectivity index (χ0) is 20.5. The summed E-state index contributed by atoms with van der Waals surface area (Å²) in [5.41, 5.74) is 0.330. The van der Waals surface area contributed by atoms with E-state index in [0.29, 0.717) is 17.9 Å². The maximum Gasteiger partial charge on any atom is 0.337 e. The second-order valence-electron chi connectivity index (χ2n) is 7.16. The molecule has 0 bridgehead atoms. The molecular formula is C20H23NO6S. The van der Waals surface area contributed by atoms with Gasteiger partial charge >= 0.3 is 5.97 Å². The number of rotatable bonds is 5. The Morgan fingerprint density at radius 2 is 1.93 bits per heavy atom. The van der Waals surface area contributed by atoms with Crippen molar-refractivity contribution in [2.75, 3.05) is 14.2 Å². The van der Waals surface area contributed by atoms with Crippen molar-refractivity contribution >= 4 is 16.0 Å². The molecule has 7 nitrogen and oxygen atoms in total. The minimum absolute atomic E-state index is 0.00485. The third-order valence-electron chi connectivity index (χ3n) is 4.54. The molecule has 8 heteroatoms. The molecule has 0 unspecified atom stereocenters. The molecule has 1 atom stereocenters. The first-order chi connectivity index (χ1) is 13.1. The number of benzene rings is 2. The van der Waals surface area contributed by atoms with Crippen molar-refractivity contribution in [3.63, 3.8) is 0 Å². The summed E-state index contributed by atoms with van der Waals surface area (Å²) in [5.74, 6) is 0.608. The number of fused-ring (bicyclic) bond motifs is 1. The molecule has 0 saturated heterocycles. The van der Waals surface area contributed by atoms with Crippen LogP contribution in [0.3, 0.4) is 0 Å². The molecule has 3 rings (SSSR count). The lowest BCUT2D eigenvalue weighted by atomic mass is 9.90. The molecule has 0 radical (unpaired) electrons. The number of esters is 1. The van der Waals surface area contributed by atoms with Gasteiger partial charge in [0.05, 0.1) is 30.7 Å². The zero-order valence-corrected chi connectivity index (χ0v) is 17.0. The normalized spacial score (nSPS) is 17.9. The van der Waals surface area contributed by atoms with E-state index >= 15 is 0 Å². The quantitative estimate of drug-likeness (QED) is 0.769. The lowest BCUT2D eigenvalue weighted by Crippen LogP contribution is -2.41. The predicted octanol–water partition coefficient (Wildman–Crippen LogP) is 3.06. The molecule has 28 heavy (non-hydrogen) atoms. The van der Waals surface area contributed by atoms with E-state index in [1.54, 1.807) is 25.3 Å². The predicted molar refractivity (Wildman–Crippen MR) is 103 cm³/mol. The van der Waals surface area contributed by atoms with Crippen LogP contribution in [0.1, 0.15) is 42.2 Å². The molecular weight excluding hydrogens is 382 g/mol. The highest BCUT2D eigenvalue weighted by atomic mass is 32.2. The van der Waals surface area contributed by atoms with Crippen LogP contribution in [-0.4, -0.2) is 34.2 Å². The van der Waals surface area contributed by atoms with Gasteiger partial charge in [0.1, 0.15) is 17.1 Å². The van der Waals surface area contributed by atoms with Crippen molar-refractivity contribution in [3.8, 4) is 11.5 Å². The van der Waals surface area contributed by atoms with Crippen molar-refractivity contribution < 1.29 is 27.4 Å². The first kappa shape index (κ1) is 20.2. The highest BCUT2D eigenvalue weighted by molar-refractivity contribution is 7.89. The molecule has 0 aromatic heterocycles. The van der Waals surface area contributed by atoms with Crippen molar-refractivity contribution in [1.82, 2.24) is 4.72 Å². The summed E-state index contributed by atoms with van der Waals surface area (Å²) in [5, 5.41) is 0. The summed E-state index contributed by atoms with van der Waals surface area (Å²) in [6.07, 6.45) is 0.447. The highest BCUT2D eigenvalue weighted by Crippen LogP contribution is 2.41. The summed E-state index contributed by atoms with van der Waals surface area (Å²) in [6, 6.07) is 10.6. The van der Waals surface area contributed by atoms with Gasteiger partial charge in [-0.15, -0.1) is 0 Å². The summed E-state index contributed by atoms with van der Waals surface area (Å²) < 4.78 is 44.6. The molecule has 1 aliphatic rings. The Balaban J connectivity index is 1.95. The lowest BCUT2D eigenvalue weighted by molar-refractivity contribution is 0.0600. The first-order valence-electron chi connectivity index (χ1n) is 8.73. The standard InChI is InChI=1S/C20H23NO6S/c1-20(2)12-17(16-9-8-14(25-3)11-18(16)27-20)21-28(23,24)15-7-5-6-13(10-15)19(22)26-4/h5-11,17,21H,12H2,1-4H3/t17-/m1/s1. The van der Waals surface area contributed by atoms with Gasteiger partial charge in [-0.2, -0.15) is 0 Å². The number of ether oxygens (including phenoxy) is 3. The molecule has 1 aliphatic heterocycles. The van der Waals surface area contributed by atoms with Gasteiger partial charge in [0.2, 0.25) is 10.0 Å². The maximum atomic E-state index is 13.0. The Morgan fingerprint density at radius 3 is 2.61 bits per heavy atom. The largest absolute Gasteiger partial charge is 0.497 e. The minimum atomic E-state index is -3.88. The van der Waals surface area contributed by atoms with Crippen LogP contribution in [0.25, 0.3) is 0 Å². The fourth-order valence-electron chi connectivity index (χ4n) is 3.23. The number of carbonyl (C=O) groups is 1. The van der Waals surface area contributed by atoms with Crippen molar-refractivity contribution in [3.05, 3.63) is 53.6 Å². The van der Waals surface area contributed by atoms with Crippen LogP contribution >= 0.6 is 0 Å². The molecule has 150 valence electrons. The van der Waals surface area contributed by atoms with Crippen LogP contribution in [0.5, 0.6) is 11.5 Å². The van der Waals surface area contributed by atoms with Gasteiger partial charge in [-0.3, -0.25) is 0 Å². The van der Waals surface area contributed by atoms with Crippen molar-refractivity contribution in [2.24, 2.45) is 0 Å². The summed E-state index contributed by atoms with van der Waals surface area (Å²) in [4.78, 5) is 11.7. The van der Waals surface area contributed by atoms with E-state index in [9.17, 15) is 13.2 Å². The van der Waals surface area contributed by atoms with E-state index in [4.69, 9.17) is 9.47 Å². The van der Waals surface area contributed by atoms with E-state index < -0.39 is 27.6 Å². The third-order valence-corrected chi connectivity index (χ3v) is 6.01. The molecule has 1 N–H and O–H groups in total. The molecule has 0 amide bonds. The average Bonchev–Trinajstić information content (AvgIpc) is 2.65. The number of sulfonamides is 1. The van der Waals surface area contributed by atoms with Crippen molar-refractivity contribution in [1.29, 1.82) is 0 Å². The minimum Gasteiger partial charge on any atom is -0.497 e. The van der Waals surface area contributed by atoms with E-state index in [1.165, 1.54) is 31.4 Å². The number of hydrogen-bond acceptors (Lipinski definition) is 6. The Bertz CT molecular complexity index is 1000. The monoisotopic (exact) mass is 405 g/mol. The van der Waals surface area contributed by atoms with Gasteiger partial charge in [0, 0.05) is 18.1 Å². The Labute approximate surface area is 164 Å². The van der Waals surface area contributed by atoms with Gasteiger partial charge < -0.3 is 14.2 Å². The Morgan fingerprint density at radius 1 is 1.18 bits per heavy atom. The Hall–Kier alpha value is -2.58. The third kappa shape index (κ3) is 4.13. The topological polar surface area (TPSA) is 90.9 Å². The number of carbonyl (C=O) groups excluding carboxylic acids is 1. The van der Waals surface area contributed by atoms with Gasteiger partial charge in [-0.1, -0.05) is 12.1 Å². The van der Waals surface area contributed by atoms with E-state index in [2.05, 4.69) is 9.46 Å². The lowest BCUT2D eigenvalue weighted by Gasteiger charge is -2.37. The maximum absolute atomic E-state index is 13.0. The van der Waals surface area contributed by atoms with Gasteiger partial charge in [0.25, 0.3) is 0 Å². The fraction of sp³-hybridized carbons (Fsp3) is 0.350. The zero-order valence-electron chi connectivity index (χ0n) is 16.2. The van der Waals surface area contributed by atoms with Crippen LogP contribution in [0, 0.1) is 0 Å². The molecule has 0 spiro atoms. The van der Waals surface area contributed by atoms with Gasteiger partial charge in [-0.05, 0) is 38.1 Å². The Kier molecular flexibility index (Phi) is 5.36. The fourth-order valence-corrected chi connectivity index (χ4v) is 4.49. The average molecular weight is 405 g/mol. The van der Waals surface area contributed by atoms with Crippen LogP contribution in [0.4, 0.5) is 0 Å². The summed E-state index contributed by atoms with van der Waals surface area (Å²) in [7, 11) is -1.07. The van der Waals surface area contributed by atoms with Gasteiger partial charge in [-0.25, -0.2) is 17.9 Å². The second kappa shape index (κ2) is 7.44. The molecule has 0 aliphatic carbocycles. The number of methoxy groups -OCH3 is 2. The number of nitrogens with one attached hydrogen (secondary N) is 1. The summed E-state index contributed by atoms with van der Waals surface area (Å²) >= 11 is 0. The molecule has 0 saturated carbocycles. The van der Waals surface area contributed by atoms with Crippen LogP contribution in [0.15, 0.2) is 47.4 Å². The van der Waals surface area contributed by atoms with Gasteiger partial charge in [0.15, 0.2) is 0 Å². The summed E-state index contributed by atoms with van der Waals surface area (Å²) in [6.45, 7) is 3.79. The van der Waals surface area contributed by atoms with E-state index in [1.807, 2.05) is 13.8 Å². The second-order valence-corrected chi connectivity index (χ2v) is 8.88. The van der Waals surface area contributed by atoms with Crippen LogP contribution in [0.2, 0.25) is 0 Å². The van der Waals surface area contributed by atoms with Crippen LogP contribution < -0.4 is 14.2 Å². The van der Waals surface area contributed by atoms with Crippen LogP contribution in [-0.2, 0) is 14.8 Å². The SMILES string of the molecule is COC(=O)c1cccc(S(=O)(=O)N[C@@H]2CC(C)(C)Oc3cc(OC)ccc32)c1. The highest BCUT2D eigenvalue weighted by Gasteiger charge is 2.36. The smallest absolute Gasteiger partial charge is 0.337 e. The molecule has 2 aromatic carbocycles. The first-order valence-corrected chi connectivity index (χ1v) is 10.2. The molecule has 0 fully saturated rings. The number of hydrogen-bond donors (Lipinski definition) is 1. The molecule has 1 heterocycles. The van der Waals surface area contributed by atoms with Crippen molar-refractivity contribution in [2.45, 2.75) is 36.8 Å².